The lowest BCUT2D eigenvalue weighted by molar-refractivity contribution is -0.0330. The van der Waals surface area contributed by atoms with Crippen LogP contribution < -0.4 is 0 Å². The zero-order chi connectivity index (χ0) is 26.3. The molecule has 0 radical (unpaired) electrons. The van der Waals surface area contributed by atoms with Gasteiger partial charge in [0.2, 0.25) is 0 Å². The largest absolute Gasteiger partial charge is 0.455 e. The van der Waals surface area contributed by atoms with Crippen LogP contribution in [0.2, 0.25) is 0 Å². The number of rotatable bonds is 6. The highest BCUT2D eigenvalue weighted by Crippen LogP contribution is 2.24. The minimum absolute atomic E-state index is 0.00369. The number of fused-ring (bicyclic) bond motifs is 2. The van der Waals surface area contributed by atoms with Crippen LogP contribution in [0.4, 0.5) is 0 Å². The van der Waals surface area contributed by atoms with Gasteiger partial charge in [-0.3, -0.25) is 29.6 Å². The molecule has 2 aromatic carbocycles. The lowest BCUT2D eigenvalue weighted by Crippen LogP contribution is -2.25. The van der Waals surface area contributed by atoms with Crippen molar-refractivity contribution in [2.75, 3.05) is 0 Å². The molecule has 36 heavy (non-hydrogen) atoms. The number of imide groups is 2. The first-order valence-corrected chi connectivity index (χ1v) is 10.5. The Morgan fingerprint density at radius 2 is 1.00 bits per heavy atom. The van der Waals surface area contributed by atoms with E-state index >= 15 is 0 Å². The highest BCUT2D eigenvalue weighted by molar-refractivity contribution is 6.21. The van der Waals surface area contributed by atoms with Crippen molar-refractivity contribution >= 4 is 35.6 Å². The Morgan fingerprint density at radius 1 is 0.667 bits per heavy atom. The zero-order valence-electron chi connectivity index (χ0n) is 18.8. The molecule has 0 aromatic heterocycles. The molecule has 0 saturated heterocycles. The van der Waals surface area contributed by atoms with E-state index in [1.807, 2.05) is 0 Å². The molecule has 0 bridgehead atoms. The Bertz CT molecular complexity index is 1280. The molecule has 0 saturated carbocycles. The number of hydrogen-bond acceptors (Lipinski definition) is 10. The minimum Gasteiger partial charge on any atom is -0.455 e. The molecule has 4 rings (SSSR count). The van der Waals surface area contributed by atoms with Gasteiger partial charge in [-0.15, -0.1) is 10.1 Å². The number of carbonyl (C=O) groups is 6. The van der Waals surface area contributed by atoms with Crippen LogP contribution in [0.5, 0.6) is 0 Å². The number of esters is 2. The van der Waals surface area contributed by atoms with Gasteiger partial charge in [0.05, 0.1) is 33.4 Å². The van der Waals surface area contributed by atoms with Crippen LogP contribution in [-0.2, 0) is 9.47 Å². The van der Waals surface area contributed by atoms with Crippen molar-refractivity contribution in [1.82, 2.24) is 10.1 Å². The number of carbonyl (C=O) groups excluding carboxylic acids is 6. The molecule has 4 amide bonds. The summed E-state index contributed by atoms with van der Waals surface area (Å²) in [4.78, 5) is 72.0. The highest BCUT2D eigenvalue weighted by Gasteiger charge is 2.36. The van der Waals surface area contributed by atoms with Gasteiger partial charge in [0.25, 0.3) is 23.6 Å². The molecule has 0 spiro atoms. The van der Waals surface area contributed by atoms with Gasteiger partial charge in [0, 0.05) is 0 Å². The van der Waals surface area contributed by atoms with E-state index < -0.39 is 47.8 Å². The van der Waals surface area contributed by atoms with E-state index in [0.29, 0.717) is 0 Å². The maximum Gasteiger partial charge on any atom is 0.338 e. The van der Waals surface area contributed by atoms with Gasteiger partial charge in [-0.25, -0.2) is 9.59 Å². The molecular formula is C24H18N2O10. The molecule has 2 aromatic rings. The van der Waals surface area contributed by atoms with Crippen molar-refractivity contribution in [2.45, 2.75) is 26.1 Å². The number of nitrogens with zero attached hydrogens (tertiary/aromatic N) is 2. The topological polar surface area (TPSA) is 168 Å². The third-order valence-electron chi connectivity index (χ3n) is 5.44. The van der Waals surface area contributed by atoms with Crippen molar-refractivity contribution in [3.63, 3.8) is 0 Å². The SMILES string of the molecule is CC(C=CC(C)OC(=O)c1ccc2c(c1)C(=O)N(O)C2=O)OC(=O)c1ccc2c(c1)C(=O)N(O)C2=O. The molecule has 184 valence electrons. The smallest absolute Gasteiger partial charge is 0.338 e. The van der Waals surface area contributed by atoms with Crippen molar-refractivity contribution < 1.29 is 48.7 Å². The molecule has 2 heterocycles. The second-order valence-corrected chi connectivity index (χ2v) is 7.97. The van der Waals surface area contributed by atoms with Crippen LogP contribution in [0.3, 0.4) is 0 Å². The molecule has 0 aliphatic carbocycles. The van der Waals surface area contributed by atoms with Gasteiger partial charge in [0.1, 0.15) is 12.2 Å². The van der Waals surface area contributed by atoms with Gasteiger partial charge >= 0.3 is 11.9 Å². The number of hydrogen-bond donors (Lipinski definition) is 2. The lowest BCUT2D eigenvalue weighted by Gasteiger charge is -2.12. The fourth-order valence-corrected chi connectivity index (χ4v) is 3.58. The van der Waals surface area contributed by atoms with Crippen LogP contribution in [0, 0.1) is 0 Å². The van der Waals surface area contributed by atoms with Gasteiger partial charge in [0.15, 0.2) is 0 Å². The Labute approximate surface area is 202 Å². The summed E-state index contributed by atoms with van der Waals surface area (Å²) >= 11 is 0. The zero-order valence-corrected chi connectivity index (χ0v) is 18.8. The van der Waals surface area contributed by atoms with E-state index in [0.717, 1.165) is 12.1 Å². The Hall–Kier alpha value is -4.68. The third kappa shape index (κ3) is 4.26. The first-order valence-electron chi connectivity index (χ1n) is 10.5. The first kappa shape index (κ1) is 24.4. The van der Waals surface area contributed by atoms with E-state index in [9.17, 15) is 39.2 Å². The monoisotopic (exact) mass is 494 g/mol. The van der Waals surface area contributed by atoms with Gasteiger partial charge in [-0.05, 0) is 62.4 Å². The maximum atomic E-state index is 12.4. The third-order valence-corrected chi connectivity index (χ3v) is 5.44. The molecule has 12 heteroatoms. The Balaban J connectivity index is 1.35. The van der Waals surface area contributed by atoms with Crippen LogP contribution in [-0.4, -0.2) is 68.3 Å². The number of ether oxygens (including phenoxy) is 2. The van der Waals surface area contributed by atoms with Crippen LogP contribution >= 0.6 is 0 Å². The summed E-state index contributed by atoms with van der Waals surface area (Å²) in [5, 5.41) is 18.8. The molecule has 2 aliphatic rings. The molecule has 2 aliphatic heterocycles. The molecule has 2 unspecified atom stereocenters. The van der Waals surface area contributed by atoms with E-state index in [2.05, 4.69) is 0 Å². The van der Waals surface area contributed by atoms with Crippen LogP contribution in [0.15, 0.2) is 48.6 Å². The van der Waals surface area contributed by atoms with Gasteiger partial charge in [-0.2, -0.15) is 0 Å². The fourth-order valence-electron chi connectivity index (χ4n) is 3.58. The number of benzene rings is 2. The summed E-state index contributed by atoms with van der Waals surface area (Å²) < 4.78 is 10.5. The summed E-state index contributed by atoms with van der Waals surface area (Å²) in [6.45, 7) is 3.09. The Kier molecular flexibility index (Phi) is 6.23. The summed E-state index contributed by atoms with van der Waals surface area (Å²) in [7, 11) is 0. The van der Waals surface area contributed by atoms with Crippen molar-refractivity contribution in [1.29, 1.82) is 0 Å². The van der Waals surface area contributed by atoms with Gasteiger partial charge in [-0.1, -0.05) is 0 Å². The van der Waals surface area contributed by atoms with E-state index in [-0.39, 0.29) is 43.5 Å². The normalized spacial score (nSPS) is 16.3. The van der Waals surface area contributed by atoms with E-state index in [1.54, 1.807) is 13.8 Å². The number of hydroxylamine groups is 4. The average Bonchev–Trinajstić information content (AvgIpc) is 3.21. The standard InChI is InChI=1S/C24H18N2O10/c1-11(35-23(31)13-5-7-15-17(9-13)21(29)25(33)19(15)27)3-4-12(2)36-24(32)14-6-8-16-18(10-14)22(30)26(34)20(16)28/h3-12,33-34H,1-2H3. The first-order chi connectivity index (χ1) is 17.0. The summed E-state index contributed by atoms with van der Waals surface area (Å²) in [5.41, 5.74) is -0.312. The average molecular weight is 494 g/mol. The van der Waals surface area contributed by atoms with E-state index in [1.165, 1.54) is 36.4 Å². The second kappa shape index (κ2) is 9.17. The van der Waals surface area contributed by atoms with Crippen molar-refractivity contribution in [2.24, 2.45) is 0 Å². The van der Waals surface area contributed by atoms with Crippen molar-refractivity contribution in [3.8, 4) is 0 Å². The predicted octanol–water partition coefficient (Wildman–Crippen LogP) is 2.00. The molecule has 0 fully saturated rings. The minimum atomic E-state index is -0.943. The second-order valence-electron chi connectivity index (χ2n) is 7.97. The van der Waals surface area contributed by atoms with E-state index in [4.69, 9.17) is 9.47 Å². The van der Waals surface area contributed by atoms with Crippen LogP contribution in [0.1, 0.15) is 76.0 Å². The van der Waals surface area contributed by atoms with Crippen molar-refractivity contribution in [3.05, 3.63) is 81.9 Å². The maximum absolute atomic E-state index is 12.4. The molecule has 12 nitrogen and oxygen atoms in total. The summed E-state index contributed by atoms with van der Waals surface area (Å²) in [5.74, 6) is -5.23. The number of amides is 4. The quantitative estimate of drug-likeness (QED) is 0.262. The molecule has 2 N–H and O–H groups in total. The Morgan fingerprint density at radius 3 is 1.36 bits per heavy atom. The molecular weight excluding hydrogens is 476 g/mol. The highest BCUT2D eigenvalue weighted by atomic mass is 16.6. The summed E-state index contributed by atoms with van der Waals surface area (Å²) in [6.07, 6.45) is 1.39. The fraction of sp³-hybridized carbons (Fsp3) is 0.167. The predicted molar refractivity (Wildman–Crippen MR) is 116 cm³/mol. The van der Waals surface area contributed by atoms with Crippen LogP contribution in [0.25, 0.3) is 0 Å². The van der Waals surface area contributed by atoms with Gasteiger partial charge < -0.3 is 9.47 Å². The summed E-state index contributed by atoms with van der Waals surface area (Å²) in [6, 6.07) is 7.37. The molecule has 2 atom stereocenters. The lowest BCUT2D eigenvalue weighted by atomic mass is 10.1.